The van der Waals surface area contributed by atoms with Gasteiger partial charge in [-0.15, -0.1) is 0 Å². The molecule has 1 aliphatic heterocycles. The summed E-state index contributed by atoms with van der Waals surface area (Å²) in [6.07, 6.45) is 5.65. The van der Waals surface area contributed by atoms with Gasteiger partial charge in [-0.1, -0.05) is 13.8 Å². The van der Waals surface area contributed by atoms with Crippen LogP contribution in [0.5, 0.6) is 0 Å². The van der Waals surface area contributed by atoms with Crippen LogP contribution in [0.25, 0.3) is 0 Å². The van der Waals surface area contributed by atoms with Crippen molar-refractivity contribution in [3.8, 4) is 0 Å². The van der Waals surface area contributed by atoms with Crippen LogP contribution in [-0.2, 0) is 16.4 Å². The van der Waals surface area contributed by atoms with Crippen LogP contribution in [0, 0.1) is 5.92 Å². The molecule has 5 nitrogen and oxygen atoms in total. The second-order valence-corrected chi connectivity index (χ2v) is 8.22. The highest BCUT2D eigenvalue weighted by atomic mass is 32.2. The molecule has 0 radical (unpaired) electrons. The maximum absolute atomic E-state index is 11.7. The summed E-state index contributed by atoms with van der Waals surface area (Å²) in [6.45, 7) is 6.15. The molecule has 0 spiro atoms. The lowest BCUT2D eigenvalue weighted by Gasteiger charge is -2.22. The molecule has 0 amide bonds. The summed E-state index contributed by atoms with van der Waals surface area (Å²) in [6, 6.07) is 2.27. The fourth-order valence-electron chi connectivity index (χ4n) is 3.06. The molecule has 1 fully saturated rings. The van der Waals surface area contributed by atoms with E-state index in [2.05, 4.69) is 35.0 Å². The van der Waals surface area contributed by atoms with E-state index in [-0.39, 0.29) is 12.0 Å². The molecule has 1 saturated heterocycles. The van der Waals surface area contributed by atoms with Gasteiger partial charge < -0.3 is 5.32 Å². The maximum atomic E-state index is 11.7. The minimum Gasteiger partial charge on any atom is -0.309 e. The summed E-state index contributed by atoms with van der Waals surface area (Å²) < 4.78 is 25.4. The maximum Gasteiger partial charge on any atom is 0.150 e. The minimum atomic E-state index is -2.80. The first-order valence-corrected chi connectivity index (χ1v) is 9.83. The zero-order chi connectivity index (χ0) is 15.3. The number of aryl methyl sites for hydroxylation is 1. The molecular weight excluding hydrogens is 286 g/mol. The molecule has 2 unspecified atom stereocenters. The molecule has 1 aromatic rings. The molecule has 1 aromatic heterocycles. The van der Waals surface area contributed by atoms with Crippen molar-refractivity contribution in [3.63, 3.8) is 0 Å². The molecule has 2 atom stereocenters. The standard InChI is InChI=1S/C15H27N3O2S/c1-3-7-16-14(11-13-6-10-21(19,20)12-13)15-5-8-17-18(15)9-4-2/h5,8,13-14,16H,3-4,6-7,9-12H2,1-2H3. The van der Waals surface area contributed by atoms with E-state index >= 15 is 0 Å². The average molecular weight is 313 g/mol. The Morgan fingerprint density at radius 3 is 2.86 bits per heavy atom. The van der Waals surface area contributed by atoms with Crippen LogP contribution >= 0.6 is 0 Å². The van der Waals surface area contributed by atoms with E-state index in [1.54, 1.807) is 0 Å². The lowest BCUT2D eigenvalue weighted by atomic mass is 9.97. The topological polar surface area (TPSA) is 64.0 Å². The summed E-state index contributed by atoms with van der Waals surface area (Å²) in [4.78, 5) is 0. The van der Waals surface area contributed by atoms with Crippen molar-refractivity contribution in [1.82, 2.24) is 15.1 Å². The van der Waals surface area contributed by atoms with Crippen molar-refractivity contribution < 1.29 is 8.42 Å². The highest BCUT2D eigenvalue weighted by Gasteiger charge is 2.30. The Morgan fingerprint density at radius 2 is 2.24 bits per heavy atom. The lowest BCUT2D eigenvalue weighted by molar-refractivity contribution is 0.389. The molecule has 0 bridgehead atoms. The normalized spacial score (nSPS) is 22.5. The van der Waals surface area contributed by atoms with Crippen LogP contribution in [0.1, 0.15) is 51.3 Å². The van der Waals surface area contributed by atoms with Crippen molar-refractivity contribution in [3.05, 3.63) is 18.0 Å². The van der Waals surface area contributed by atoms with E-state index in [0.717, 1.165) is 38.8 Å². The first kappa shape index (κ1) is 16.5. The Hall–Kier alpha value is -0.880. The summed E-state index contributed by atoms with van der Waals surface area (Å²) in [5.41, 5.74) is 1.19. The molecule has 0 aliphatic carbocycles. The molecule has 21 heavy (non-hydrogen) atoms. The third kappa shape index (κ3) is 4.54. The molecular formula is C15H27N3O2S. The fourth-order valence-corrected chi connectivity index (χ4v) is 4.94. The van der Waals surface area contributed by atoms with Crippen molar-refractivity contribution in [2.45, 2.75) is 52.1 Å². The van der Waals surface area contributed by atoms with Gasteiger partial charge in [0.1, 0.15) is 0 Å². The summed E-state index contributed by atoms with van der Waals surface area (Å²) >= 11 is 0. The minimum absolute atomic E-state index is 0.206. The quantitative estimate of drug-likeness (QED) is 0.799. The Kier molecular flexibility index (Phi) is 5.81. The van der Waals surface area contributed by atoms with Gasteiger partial charge in [0.05, 0.1) is 17.2 Å². The Bertz CT molecular complexity index is 539. The van der Waals surface area contributed by atoms with Crippen molar-refractivity contribution in [2.75, 3.05) is 18.1 Å². The Morgan fingerprint density at radius 1 is 1.43 bits per heavy atom. The summed E-state index contributed by atoms with van der Waals surface area (Å²) in [5.74, 6) is 0.973. The number of sulfone groups is 1. The Labute approximate surface area is 128 Å². The van der Waals surface area contributed by atoms with Crippen LogP contribution in [0.4, 0.5) is 0 Å². The van der Waals surface area contributed by atoms with Crippen LogP contribution in [0.3, 0.4) is 0 Å². The van der Waals surface area contributed by atoms with Crippen LogP contribution in [-0.4, -0.2) is 36.2 Å². The number of aromatic nitrogens is 2. The average Bonchev–Trinajstić information content (AvgIpc) is 3.01. The van der Waals surface area contributed by atoms with Crippen LogP contribution in [0.15, 0.2) is 12.3 Å². The molecule has 1 aliphatic rings. The van der Waals surface area contributed by atoms with E-state index in [4.69, 9.17) is 0 Å². The third-order valence-corrected chi connectivity index (χ3v) is 5.92. The van der Waals surface area contributed by atoms with E-state index in [1.807, 2.05) is 6.20 Å². The largest absolute Gasteiger partial charge is 0.309 e. The second kappa shape index (κ2) is 7.40. The van der Waals surface area contributed by atoms with Crippen LogP contribution in [0.2, 0.25) is 0 Å². The van der Waals surface area contributed by atoms with E-state index < -0.39 is 9.84 Å². The Balaban J connectivity index is 2.08. The lowest BCUT2D eigenvalue weighted by Crippen LogP contribution is -2.27. The fraction of sp³-hybridized carbons (Fsp3) is 0.800. The first-order chi connectivity index (χ1) is 10.1. The van der Waals surface area contributed by atoms with Crippen molar-refractivity contribution >= 4 is 9.84 Å². The van der Waals surface area contributed by atoms with Gasteiger partial charge >= 0.3 is 0 Å². The predicted octanol–water partition coefficient (Wildman–Crippen LogP) is 2.16. The summed E-state index contributed by atoms with van der Waals surface area (Å²) in [5, 5.41) is 7.97. The van der Waals surface area contributed by atoms with Crippen molar-refractivity contribution in [2.24, 2.45) is 5.92 Å². The smallest absolute Gasteiger partial charge is 0.150 e. The predicted molar refractivity (Wildman–Crippen MR) is 84.9 cm³/mol. The highest BCUT2D eigenvalue weighted by molar-refractivity contribution is 7.91. The number of nitrogens with zero attached hydrogens (tertiary/aromatic N) is 2. The number of nitrogens with one attached hydrogen (secondary N) is 1. The van der Waals surface area contributed by atoms with Gasteiger partial charge in [-0.25, -0.2) is 8.42 Å². The van der Waals surface area contributed by atoms with Gasteiger partial charge in [0.15, 0.2) is 9.84 Å². The van der Waals surface area contributed by atoms with E-state index in [0.29, 0.717) is 11.5 Å². The molecule has 0 aromatic carbocycles. The molecule has 2 heterocycles. The van der Waals surface area contributed by atoms with Crippen LogP contribution < -0.4 is 5.32 Å². The molecule has 120 valence electrons. The van der Waals surface area contributed by atoms with E-state index in [9.17, 15) is 8.42 Å². The van der Waals surface area contributed by atoms with Crippen molar-refractivity contribution in [1.29, 1.82) is 0 Å². The monoisotopic (exact) mass is 313 g/mol. The zero-order valence-corrected chi connectivity index (χ0v) is 13.9. The highest BCUT2D eigenvalue weighted by Crippen LogP contribution is 2.29. The molecule has 2 rings (SSSR count). The molecule has 6 heteroatoms. The zero-order valence-electron chi connectivity index (χ0n) is 13.1. The molecule has 0 saturated carbocycles. The van der Waals surface area contributed by atoms with Gasteiger partial charge in [0.25, 0.3) is 0 Å². The second-order valence-electron chi connectivity index (χ2n) is 5.99. The number of hydrogen-bond donors (Lipinski definition) is 1. The SMILES string of the molecule is CCCNC(CC1CCS(=O)(=O)C1)c1ccnn1CCC. The molecule has 1 N–H and O–H groups in total. The van der Waals surface area contributed by atoms with Gasteiger partial charge in [0.2, 0.25) is 0 Å². The van der Waals surface area contributed by atoms with E-state index in [1.165, 1.54) is 5.69 Å². The van der Waals surface area contributed by atoms with Gasteiger partial charge in [-0.05, 0) is 44.2 Å². The first-order valence-electron chi connectivity index (χ1n) is 8.01. The number of hydrogen-bond acceptors (Lipinski definition) is 4. The third-order valence-electron chi connectivity index (χ3n) is 4.08. The van der Waals surface area contributed by atoms with Gasteiger partial charge in [-0.3, -0.25) is 4.68 Å². The van der Waals surface area contributed by atoms with Gasteiger partial charge in [0, 0.05) is 18.8 Å². The van der Waals surface area contributed by atoms with Gasteiger partial charge in [-0.2, -0.15) is 5.10 Å². The summed E-state index contributed by atoms with van der Waals surface area (Å²) in [7, 11) is -2.80. The number of rotatable bonds is 8.